The van der Waals surface area contributed by atoms with Crippen LogP contribution in [0.4, 0.5) is 0 Å². The Labute approximate surface area is 108 Å². The average molecular weight is 251 g/mol. The Hall–Kier alpha value is -1.39. The lowest BCUT2D eigenvalue weighted by Gasteiger charge is -2.37. The molecule has 0 aromatic heterocycles. The summed E-state index contributed by atoms with van der Waals surface area (Å²) >= 11 is 0. The van der Waals surface area contributed by atoms with Crippen LogP contribution in [0.3, 0.4) is 0 Å². The van der Waals surface area contributed by atoms with E-state index in [4.69, 9.17) is 15.6 Å². The molecule has 1 atom stereocenters. The number of aliphatic carboxylic acids is 1. The van der Waals surface area contributed by atoms with Crippen molar-refractivity contribution in [2.45, 2.75) is 32.9 Å². The number of carboxylic acid groups (broad SMARTS) is 1. The van der Waals surface area contributed by atoms with E-state index in [9.17, 15) is 4.79 Å². The van der Waals surface area contributed by atoms with Crippen LogP contribution < -0.4 is 5.73 Å². The first kappa shape index (κ1) is 14.7. The lowest BCUT2D eigenvalue weighted by atomic mass is 9.74. The van der Waals surface area contributed by atoms with Gasteiger partial charge < -0.3 is 15.6 Å². The van der Waals surface area contributed by atoms with Crippen LogP contribution in [0.25, 0.3) is 0 Å². The zero-order valence-electron chi connectivity index (χ0n) is 11.1. The van der Waals surface area contributed by atoms with Gasteiger partial charge in [0.25, 0.3) is 0 Å². The van der Waals surface area contributed by atoms with Crippen molar-refractivity contribution in [3.63, 3.8) is 0 Å². The normalized spacial score (nSPS) is 15.1. The highest BCUT2D eigenvalue weighted by molar-refractivity contribution is 5.75. The number of nitrogens with two attached hydrogens (primary N) is 1. The van der Waals surface area contributed by atoms with E-state index in [2.05, 4.69) is 0 Å². The maximum Gasteiger partial charge on any atom is 0.311 e. The van der Waals surface area contributed by atoms with Gasteiger partial charge in [-0.3, -0.25) is 4.79 Å². The van der Waals surface area contributed by atoms with E-state index >= 15 is 0 Å². The van der Waals surface area contributed by atoms with Crippen molar-refractivity contribution in [3.8, 4) is 0 Å². The predicted molar refractivity (Wildman–Crippen MR) is 70.1 cm³/mol. The Kier molecular flexibility index (Phi) is 4.48. The second-order valence-electron chi connectivity index (χ2n) is 5.33. The number of carboxylic acids is 1. The molecule has 4 nitrogen and oxygen atoms in total. The van der Waals surface area contributed by atoms with Gasteiger partial charge in [-0.05, 0) is 26.3 Å². The SMILES string of the molecule is CC(N)(COCc1ccccc1)C(C)(C)C(=O)O. The summed E-state index contributed by atoms with van der Waals surface area (Å²) in [6.45, 7) is 5.55. The highest BCUT2D eigenvalue weighted by atomic mass is 16.5. The van der Waals surface area contributed by atoms with Crippen LogP contribution >= 0.6 is 0 Å². The fourth-order valence-electron chi connectivity index (χ4n) is 1.38. The molecule has 0 fully saturated rings. The topological polar surface area (TPSA) is 72.5 Å². The zero-order valence-corrected chi connectivity index (χ0v) is 11.1. The van der Waals surface area contributed by atoms with E-state index in [1.165, 1.54) is 0 Å². The van der Waals surface area contributed by atoms with Crippen LogP contribution in [0.5, 0.6) is 0 Å². The first-order valence-corrected chi connectivity index (χ1v) is 5.91. The molecule has 18 heavy (non-hydrogen) atoms. The summed E-state index contributed by atoms with van der Waals surface area (Å²) in [5.41, 5.74) is 5.14. The molecule has 1 rings (SSSR count). The summed E-state index contributed by atoms with van der Waals surface area (Å²) in [5, 5.41) is 9.16. The van der Waals surface area contributed by atoms with Gasteiger partial charge in [-0.1, -0.05) is 30.3 Å². The van der Waals surface area contributed by atoms with Crippen LogP contribution in [-0.2, 0) is 16.1 Å². The molecule has 100 valence electrons. The molecular formula is C14H21NO3. The van der Waals surface area contributed by atoms with Crippen LogP contribution in [0, 0.1) is 5.41 Å². The molecule has 0 saturated heterocycles. The van der Waals surface area contributed by atoms with Gasteiger partial charge in [0.05, 0.1) is 24.2 Å². The monoisotopic (exact) mass is 251 g/mol. The van der Waals surface area contributed by atoms with Crippen molar-refractivity contribution in [1.29, 1.82) is 0 Å². The quantitative estimate of drug-likeness (QED) is 0.811. The minimum Gasteiger partial charge on any atom is -0.481 e. The number of hydrogen-bond acceptors (Lipinski definition) is 3. The van der Waals surface area contributed by atoms with Gasteiger partial charge in [0.1, 0.15) is 0 Å². The van der Waals surface area contributed by atoms with E-state index in [1.54, 1.807) is 20.8 Å². The fraction of sp³-hybridized carbons (Fsp3) is 0.500. The van der Waals surface area contributed by atoms with E-state index in [1.807, 2.05) is 30.3 Å². The second kappa shape index (κ2) is 5.50. The van der Waals surface area contributed by atoms with Crippen molar-refractivity contribution in [2.24, 2.45) is 11.1 Å². The highest BCUT2D eigenvalue weighted by Gasteiger charge is 2.44. The Morgan fingerprint density at radius 3 is 2.33 bits per heavy atom. The van der Waals surface area contributed by atoms with Crippen LogP contribution in [0.15, 0.2) is 30.3 Å². The average Bonchev–Trinajstić information content (AvgIpc) is 2.29. The largest absolute Gasteiger partial charge is 0.481 e. The molecule has 0 saturated carbocycles. The summed E-state index contributed by atoms with van der Waals surface area (Å²) < 4.78 is 5.53. The Morgan fingerprint density at radius 1 is 1.28 bits per heavy atom. The molecule has 0 heterocycles. The minimum atomic E-state index is -1.04. The molecular weight excluding hydrogens is 230 g/mol. The van der Waals surface area contributed by atoms with Gasteiger partial charge in [-0.2, -0.15) is 0 Å². The smallest absolute Gasteiger partial charge is 0.311 e. The molecule has 0 bridgehead atoms. The predicted octanol–water partition coefficient (Wildman–Crippen LogP) is 2.03. The first-order chi connectivity index (χ1) is 8.27. The van der Waals surface area contributed by atoms with E-state index in [0.29, 0.717) is 6.61 Å². The molecule has 3 N–H and O–H groups in total. The van der Waals surface area contributed by atoms with Crippen LogP contribution in [0.1, 0.15) is 26.3 Å². The number of benzene rings is 1. The van der Waals surface area contributed by atoms with Gasteiger partial charge in [0.2, 0.25) is 0 Å². The molecule has 1 aromatic carbocycles. The first-order valence-electron chi connectivity index (χ1n) is 5.91. The molecule has 0 aliphatic carbocycles. The Morgan fingerprint density at radius 2 is 1.83 bits per heavy atom. The Bertz CT molecular complexity index is 399. The molecule has 0 aliphatic rings. The van der Waals surface area contributed by atoms with Gasteiger partial charge in [-0.15, -0.1) is 0 Å². The molecule has 1 unspecified atom stereocenters. The van der Waals surface area contributed by atoms with Gasteiger partial charge in [0, 0.05) is 0 Å². The summed E-state index contributed by atoms with van der Waals surface area (Å²) in [7, 11) is 0. The highest BCUT2D eigenvalue weighted by Crippen LogP contribution is 2.29. The molecule has 0 aliphatic heterocycles. The van der Waals surface area contributed by atoms with Crippen molar-refractivity contribution < 1.29 is 14.6 Å². The van der Waals surface area contributed by atoms with Gasteiger partial charge in [0.15, 0.2) is 0 Å². The number of ether oxygens (including phenoxy) is 1. The maximum atomic E-state index is 11.2. The van der Waals surface area contributed by atoms with Crippen molar-refractivity contribution in [1.82, 2.24) is 0 Å². The lowest BCUT2D eigenvalue weighted by molar-refractivity contribution is -0.152. The summed E-state index contributed by atoms with van der Waals surface area (Å²) in [6.07, 6.45) is 0. The van der Waals surface area contributed by atoms with Crippen molar-refractivity contribution >= 4 is 5.97 Å². The molecule has 0 radical (unpaired) electrons. The fourth-order valence-corrected chi connectivity index (χ4v) is 1.38. The standard InChI is InChI=1S/C14H21NO3/c1-13(2,12(16)17)14(3,15)10-18-9-11-7-5-4-6-8-11/h4-8H,9-10,15H2,1-3H3,(H,16,17). The minimum absolute atomic E-state index is 0.196. The van der Waals surface area contributed by atoms with Crippen molar-refractivity contribution in [2.75, 3.05) is 6.61 Å². The van der Waals surface area contributed by atoms with Crippen molar-refractivity contribution in [3.05, 3.63) is 35.9 Å². The molecule has 0 spiro atoms. The molecule has 4 heteroatoms. The summed E-state index contributed by atoms with van der Waals surface area (Å²) in [4.78, 5) is 11.2. The third-order valence-corrected chi connectivity index (χ3v) is 3.48. The number of hydrogen-bond donors (Lipinski definition) is 2. The lowest BCUT2D eigenvalue weighted by Crippen LogP contribution is -2.57. The summed E-state index contributed by atoms with van der Waals surface area (Å²) in [5.74, 6) is -0.921. The second-order valence-corrected chi connectivity index (χ2v) is 5.33. The molecule has 0 amide bonds. The Balaban J connectivity index is 2.55. The van der Waals surface area contributed by atoms with Gasteiger partial charge in [-0.25, -0.2) is 0 Å². The van der Waals surface area contributed by atoms with E-state index in [-0.39, 0.29) is 6.61 Å². The van der Waals surface area contributed by atoms with E-state index in [0.717, 1.165) is 5.56 Å². The summed E-state index contributed by atoms with van der Waals surface area (Å²) in [6, 6.07) is 9.71. The van der Waals surface area contributed by atoms with E-state index < -0.39 is 16.9 Å². The van der Waals surface area contributed by atoms with Crippen LogP contribution in [0.2, 0.25) is 0 Å². The third-order valence-electron chi connectivity index (χ3n) is 3.48. The zero-order chi connectivity index (χ0) is 13.8. The van der Waals surface area contributed by atoms with Crippen LogP contribution in [-0.4, -0.2) is 23.2 Å². The number of rotatable bonds is 6. The van der Waals surface area contributed by atoms with Gasteiger partial charge >= 0.3 is 5.97 Å². The number of carbonyl (C=O) groups is 1. The maximum absolute atomic E-state index is 11.2. The molecule has 1 aromatic rings. The third kappa shape index (κ3) is 3.31.